The number of ether oxygens (including phenoxy) is 2. The average molecular weight is 473 g/mol. The fraction of sp³-hybridized carbons (Fsp3) is 0.560. The Kier molecular flexibility index (Phi) is 6.66. The highest BCUT2D eigenvalue weighted by Gasteiger charge is 2.25. The second-order valence-corrected chi connectivity index (χ2v) is 10.1. The Morgan fingerprint density at radius 1 is 1.35 bits per heavy atom. The first-order chi connectivity index (χ1) is 16.0. The van der Waals surface area contributed by atoms with E-state index >= 15 is 0 Å². The molecule has 9 heteroatoms. The average Bonchev–Trinajstić information content (AvgIpc) is 3.12. The number of hydrogen-bond donors (Lipinski definition) is 1. The Morgan fingerprint density at radius 2 is 2.12 bits per heavy atom. The zero-order chi connectivity index (χ0) is 24.6. The number of rotatable bonds is 5. The zero-order valence-electron chi connectivity index (χ0n) is 20.5. The third-order valence-corrected chi connectivity index (χ3v) is 6.03. The van der Waals surface area contributed by atoms with E-state index in [9.17, 15) is 14.0 Å². The third kappa shape index (κ3) is 4.94. The molecular formula is C25H33FN4O4. The summed E-state index contributed by atoms with van der Waals surface area (Å²) in [7, 11) is 0. The fourth-order valence-electron chi connectivity index (χ4n) is 4.47. The maximum absolute atomic E-state index is 14.3. The van der Waals surface area contributed by atoms with Crippen molar-refractivity contribution in [1.82, 2.24) is 19.7 Å². The van der Waals surface area contributed by atoms with Crippen LogP contribution in [-0.2, 0) is 16.0 Å². The van der Waals surface area contributed by atoms with Gasteiger partial charge in [0.15, 0.2) is 0 Å². The number of fused-ring (bicyclic) bond motifs is 3. The van der Waals surface area contributed by atoms with Gasteiger partial charge in [-0.1, -0.05) is 6.92 Å². The number of pyridine rings is 1. The van der Waals surface area contributed by atoms with Crippen LogP contribution in [0.2, 0.25) is 0 Å². The van der Waals surface area contributed by atoms with Gasteiger partial charge in [0.2, 0.25) is 0 Å². The quantitative estimate of drug-likeness (QED) is 0.584. The number of hydrogen-bond acceptors (Lipinski definition) is 5. The van der Waals surface area contributed by atoms with Crippen LogP contribution < -0.4 is 10.9 Å². The molecule has 8 nitrogen and oxygen atoms in total. The van der Waals surface area contributed by atoms with Crippen LogP contribution in [0.3, 0.4) is 0 Å². The van der Waals surface area contributed by atoms with Crippen LogP contribution in [0.4, 0.5) is 9.18 Å². The van der Waals surface area contributed by atoms with Crippen LogP contribution in [-0.4, -0.2) is 39.2 Å². The fourth-order valence-corrected chi connectivity index (χ4v) is 4.47. The van der Waals surface area contributed by atoms with Crippen molar-refractivity contribution in [3.05, 3.63) is 40.1 Å². The minimum absolute atomic E-state index is 0.0760. The highest BCUT2D eigenvalue weighted by atomic mass is 19.1. The van der Waals surface area contributed by atoms with Crippen molar-refractivity contribution in [2.45, 2.75) is 72.3 Å². The summed E-state index contributed by atoms with van der Waals surface area (Å²) in [5.74, 6) is -0.465. The largest absolute Gasteiger partial charge is 0.444 e. The molecule has 4 rings (SSSR count). The van der Waals surface area contributed by atoms with Crippen molar-refractivity contribution < 1.29 is 18.7 Å². The molecule has 1 aromatic carbocycles. The van der Waals surface area contributed by atoms with E-state index in [0.29, 0.717) is 47.2 Å². The van der Waals surface area contributed by atoms with Crippen molar-refractivity contribution in [1.29, 1.82) is 0 Å². The number of aromatic nitrogens is 3. The molecule has 0 radical (unpaired) electrons. The number of aryl methyl sites for hydroxylation is 1. The van der Waals surface area contributed by atoms with Gasteiger partial charge in [-0.2, -0.15) is 5.10 Å². The number of halogens is 1. The lowest BCUT2D eigenvalue weighted by molar-refractivity contribution is -0.0402. The van der Waals surface area contributed by atoms with Gasteiger partial charge in [0.1, 0.15) is 23.2 Å². The van der Waals surface area contributed by atoms with Gasteiger partial charge in [-0.3, -0.25) is 4.79 Å². The SMILES string of the molecule is Cc1c2c(=O)n(CC(C)CNC(=O)OC(C)(C)C)c3ccc(F)cc3c2nn1[C@H]1CCCCO1. The predicted octanol–water partition coefficient (Wildman–Crippen LogP) is 4.66. The van der Waals surface area contributed by atoms with Gasteiger partial charge in [0.05, 0.1) is 16.6 Å². The molecule has 0 spiro atoms. The third-order valence-electron chi connectivity index (χ3n) is 6.03. The van der Waals surface area contributed by atoms with E-state index in [-0.39, 0.29) is 23.5 Å². The van der Waals surface area contributed by atoms with Gasteiger partial charge in [0.25, 0.3) is 5.56 Å². The predicted molar refractivity (Wildman–Crippen MR) is 128 cm³/mol. The Balaban J connectivity index is 1.71. The minimum Gasteiger partial charge on any atom is -0.444 e. The maximum Gasteiger partial charge on any atom is 0.407 e. The molecule has 184 valence electrons. The number of carbonyl (C=O) groups excluding carboxylic acids is 1. The first kappa shape index (κ1) is 24.2. The standard InChI is InChI=1S/C25H33FN4O4/c1-15(13-27-24(32)34-25(3,4)5)14-29-19-10-9-17(26)12-18(19)22-21(23(29)31)16(2)30(28-22)20-8-6-7-11-33-20/h9-10,12,15,20H,6-8,11,13-14H2,1-5H3,(H,27,32)/t15?,20-/m1/s1. The summed E-state index contributed by atoms with van der Waals surface area (Å²) in [6.45, 7) is 10.5. The molecule has 1 fully saturated rings. The molecule has 1 saturated heterocycles. The lowest BCUT2D eigenvalue weighted by atomic mass is 10.1. The van der Waals surface area contributed by atoms with Crippen LogP contribution in [0, 0.1) is 18.7 Å². The molecule has 0 aliphatic carbocycles. The summed E-state index contributed by atoms with van der Waals surface area (Å²) < 4.78 is 28.9. The molecule has 0 bridgehead atoms. The normalized spacial score (nSPS) is 17.8. The van der Waals surface area contributed by atoms with Crippen LogP contribution in [0.25, 0.3) is 21.8 Å². The Labute approximate surface area is 198 Å². The first-order valence-electron chi connectivity index (χ1n) is 11.8. The van der Waals surface area contributed by atoms with E-state index in [1.807, 2.05) is 13.8 Å². The van der Waals surface area contributed by atoms with E-state index in [4.69, 9.17) is 14.6 Å². The number of alkyl carbamates (subject to hydrolysis) is 1. The molecule has 1 aliphatic heterocycles. The van der Waals surface area contributed by atoms with Gasteiger partial charge in [-0.05, 0) is 71.1 Å². The summed E-state index contributed by atoms with van der Waals surface area (Å²) in [4.78, 5) is 25.7. The number of nitrogens with one attached hydrogen (secondary N) is 1. The van der Waals surface area contributed by atoms with Gasteiger partial charge in [0, 0.05) is 25.1 Å². The Morgan fingerprint density at radius 3 is 2.79 bits per heavy atom. The molecular weight excluding hydrogens is 439 g/mol. The minimum atomic E-state index is -0.588. The summed E-state index contributed by atoms with van der Waals surface area (Å²) in [6.07, 6.45) is 2.13. The second kappa shape index (κ2) is 9.37. The molecule has 1 unspecified atom stereocenters. The molecule has 2 atom stereocenters. The number of carbonyl (C=O) groups is 1. The number of nitrogens with zero attached hydrogens (tertiary/aromatic N) is 3. The van der Waals surface area contributed by atoms with E-state index in [2.05, 4.69) is 5.32 Å². The smallest absolute Gasteiger partial charge is 0.407 e. The first-order valence-corrected chi connectivity index (χ1v) is 11.8. The van der Waals surface area contributed by atoms with Crippen molar-refractivity contribution in [3.63, 3.8) is 0 Å². The number of amides is 1. The van der Waals surface area contributed by atoms with Crippen molar-refractivity contribution in [3.8, 4) is 0 Å². The van der Waals surface area contributed by atoms with Crippen LogP contribution in [0.1, 0.15) is 58.9 Å². The van der Waals surface area contributed by atoms with Crippen molar-refractivity contribution in [2.24, 2.45) is 5.92 Å². The van der Waals surface area contributed by atoms with Crippen molar-refractivity contribution >= 4 is 27.9 Å². The van der Waals surface area contributed by atoms with E-state index in [1.54, 1.807) is 36.1 Å². The van der Waals surface area contributed by atoms with E-state index in [0.717, 1.165) is 19.3 Å². The molecule has 1 N–H and O–H groups in total. The molecule has 2 aromatic heterocycles. The zero-order valence-corrected chi connectivity index (χ0v) is 20.5. The highest BCUT2D eigenvalue weighted by molar-refractivity contribution is 6.04. The lowest BCUT2D eigenvalue weighted by Crippen LogP contribution is -2.36. The molecule has 0 saturated carbocycles. The molecule has 3 heterocycles. The monoisotopic (exact) mass is 472 g/mol. The summed E-state index contributed by atoms with van der Waals surface area (Å²) in [5, 5.41) is 8.53. The molecule has 34 heavy (non-hydrogen) atoms. The Hall–Kier alpha value is -2.94. The Bertz CT molecular complexity index is 1270. The van der Waals surface area contributed by atoms with Crippen LogP contribution in [0.15, 0.2) is 23.0 Å². The maximum atomic E-state index is 14.3. The van der Waals surface area contributed by atoms with Crippen molar-refractivity contribution in [2.75, 3.05) is 13.2 Å². The van der Waals surface area contributed by atoms with Gasteiger partial charge < -0.3 is 19.4 Å². The van der Waals surface area contributed by atoms with Gasteiger partial charge in [-0.15, -0.1) is 0 Å². The van der Waals surface area contributed by atoms with Crippen LogP contribution >= 0.6 is 0 Å². The summed E-state index contributed by atoms with van der Waals surface area (Å²) in [6, 6.07) is 4.39. The second-order valence-electron chi connectivity index (χ2n) is 10.1. The molecule has 1 amide bonds. The van der Waals surface area contributed by atoms with Crippen LogP contribution in [0.5, 0.6) is 0 Å². The topological polar surface area (TPSA) is 87.4 Å². The van der Waals surface area contributed by atoms with Gasteiger partial charge in [-0.25, -0.2) is 13.9 Å². The van der Waals surface area contributed by atoms with E-state index < -0.39 is 11.7 Å². The number of benzene rings is 1. The van der Waals surface area contributed by atoms with E-state index in [1.165, 1.54) is 12.1 Å². The van der Waals surface area contributed by atoms with Gasteiger partial charge >= 0.3 is 6.09 Å². The summed E-state index contributed by atoms with van der Waals surface area (Å²) in [5.41, 5.74) is 1.04. The lowest BCUT2D eigenvalue weighted by Gasteiger charge is -2.23. The molecule has 3 aromatic rings. The summed E-state index contributed by atoms with van der Waals surface area (Å²) >= 11 is 0. The highest BCUT2D eigenvalue weighted by Crippen LogP contribution is 2.30. The molecule has 1 aliphatic rings.